The lowest BCUT2D eigenvalue weighted by molar-refractivity contribution is 0.773. The van der Waals surface area contributed by atoms with Gasteiger partial charge in [-0.25, -0.2) is 0 Å². The zero-order valence-electron chi connectivity index (χ0n) is 6.83. The second-order valence-corrected chi connectivity index (χ2v) is 3.21. The van der Waals surface area contributed by atoms with E-state index >= 15 is 0 Å². The number of hydrogen-bond donors (Lipinski definition) is 0. The predicted octanol–water partition coefficient (Wildman–Crippen LogP) is 1.85. The van der Waals surface area contributed by atoms with Crippen LogP contribution >= 0.6 is 24.0 Å². The Hall–Kier alpha value is -0.280. The van der Waals surface area contributed by atoms with E-state index < -0.39 is 0 Å². The first kappa shape index (κ1) is 9.81. The van der Waals surface area contributed by atoms with Crippen molar-refractivity contribution in [1.82, 2.24) is 14.8 Å². The number of hydrogen-bond acceptors (Lipinski definition) is 2. The van der Waals surface area contributed by atoms with Crippen LogP contribution in [0.15, 0.2) is 0 Å². The molecule has 1 aliphatic rings. The number of rotatable bonds is 2. The number of alkyl halides is 1. The molecule has 1 saturated carbocycles. The van der Waals surface area contributed by atoms with Crippen LogP contribution in [0.5, 0.6) is 0 Å². The first-order valence-corrected chi connectivity index (χ1v) is 4.30. The minimum atomic E-state index is 0. The Morgan fingerprint density at radius 2 is 2.17 bits per heavy atom. The fraction of sp³-hybridized carbons (Fsp3) is 0.714. The second-order valence-electron chi connectivity index (χ2n) is 2.94. The summed E-state index contributed by atoms with van der Waals surface area (Å²) >= 11 is 5.65. The van der Waals surface area contributed by atoms with Crippen LogP contribution in [0.2, 0.25) is 0 Å². The maximum Gasteiger partial charge on any atom is 0.147 e. The molecule has 5 heteroatoms. The SMILES string of the molecule is Cl.Cn1c(CCl)nnc1C1CC1. The average Bonchev–Trinajstić information content (AvgIpc) is 2.77. The molecule has 0 N–H and O–H groups in total. The molecule has 68 valence electrons. The van der Waals surface area contributed by atoms with Crippen LogP contribution in [0, 0.1) is 0 Å². The van der Waals surface area contributed by atoms with Gasteiger partial charge in [-0.2, -0.15) is 0 Å². The first-order chi connectivity index (χ1) is 5.33. The highest BCUT2D eigenvalue weighted by Crippen LogP contribution is 2.38. The van der Waals surface area contributed by atoms with Crippen LogP contribution in [0.1, 0.15) is 30.4 Å². The van der Waals surface area contributed by atoms with Gasteiger partial charge in [-0.3, -0.25) is 0 Å². The summed E-state index contributed by atoms with van der Waals surface area (Å²) in [6, 6.07) is 0. The van der Waals surface area contributed by atoms with Crippen molar-refractivity contribution in [3.8, 4) is 0 Å². The van der Waals surface area contributed by atoms with E-state index in [1.54, 1.807) is 0 Å². The van der Waals surface area contributed by atoms with Crippen LogP contribution in [-0.4, -0.2) is 14.8 Å². The Balaban J connectivity index is 0.000000720. The third-order valence-electron chi connectivity index (χ3n) is 2.06. The Labute approximate surface area is 82.5 Å². The molecule has 1 aliphatic carbocycles. The molecule has 0 amide bonds. The van der Waals surface area contributed by atoms with Gasteiger partial charge in [0.25, 0.3) is 0 Å². The summed E-state index contributed by atoms with van der Waals surface area (Å²) in [5.41, 5.74) is 0. The fourth-order valence-corrected chi connectivity index (χ4v) is 1.42. The maximum absolute atomic E-state index is 5.65. The lowest BCUT2D eigenvalue weighted by Crippen LogP contribution is -1.99. The van der Waals surface area contributed by atoms with Gasteiger partial charge < -0.3 is 4.57 Å². The monoisotopic (exact) mass is 207 g/mol. The Morgan fingerprint density at radius 1 is 1.50 bits per heavy atom. The predicted molar refractivity (Wildman–Crippen MR) is 49.8 cm³/mol. The summed E-state index contributed by atoms with van der Waals surface area (Å²) < 4.78 is 2.00. The molecule has 2 rings (SSSR count). The van der Waals surface area contributed by atoms with E-state index in [0.717, 1.165) is 11.6 Å². The molecule has 0 radical (unpaired) electrons. The van der Waals surface area contributed by atoms with Gasteiger partial charge in [-0.15, -0.1) is 34.2 Å². The van der Waals surface area contributed by atoms with Crippen LogP contribution in [0.3, 0.4) is 0 Å². The molecule has 1 aromatic heterocycles. The van der Waals surface area contributed by atoms with Crippen molar-refractivity contribution in [3.63, 3.8) is 0 Å². The smallest absolute Gasteiger partial charge is 0.147 e. The van der Waals surface area contributed by atoms with Gasteiger partial charge in [-0.05, 0) is 12.8 Å². The zero-order valence-corrected chi connectivity index (χ0v) is 8.40. The van der Waals surface area contributed by atoms with Gasteiger partial charge in [0.2, 0.25) is 0 Å². The summed E-state index contributed by atoms with van der Waals surface area (Å²) in [6.45, 7) is 0. The molecule has 1 fully saturated rings. The molecule has 0 unspecified atom stereocenters. The lowest BCUT2D eigenvalue weighted by atomic mass is 10.4. The summed E-state index contributed by atoms with van der Waals surface area (Å²) in [7, 11) is 1.98. The molecule has 0 saturated heterocycles. The van der Waals surface area contributed by atoms with Gasteiger partial charge in [0.15, 0.2) is 0 Å². The molecular weight excluding hydrogens is 197 g/mol. The van der Waals surface area contributed by atoms with Gasteiger partial charge in [0.05, 0.1) is 5.88 Å². The van der Waals surface area contributed by atoms with Crippen molar-refractivity contribution in [3.05, 3.63) is 11.6 Å². The van der Waals surface area contributed by atoms with Crippen molar-refractivity contribution in [2.24, 2.45) is 7.05 Å². The lowest BCUT2D eigenvalue weighted by Gasteiger charge is -1.97. The van der Waals surface area contributed by atoms with Crippen LogP contribution in [0.25, 0.3) is 0 Å². The topological polar surface area (TPSA) is 30.7 Å². The summed E-state index contributed by atoms with van der Waals surface area (Å²) in [5.74, 6) is 3.08. The molecule has 1 aromatic rings. The summed E-state index contributed by atoms with van der Waals surface area (Å²) in [6.07, 6.45) is 2.52. The van der Waals surface area contributed by atoms with E-state index in [9.17, 15) is 0 Å². The van der Waals surface area contributed by atoms with Gasteiger partial charge in [0, 0.05) is 13.0 Å². The van der Waals surface area contributed by atoms with Gasteiger partial charge in [-0.1, -0.05) is 0 Å². The summed E-state index contributed by atoms with van der Waals surface area (Å²) in [4.78, 5) is 0. The van der Waals surface area contributed by atoms with Crippen molar-refractivity contribution in [1.29, 1.82) is 0 Å². The highest BCUT2D eigenvalue weighted by Gasteiger charge is 2.28. The van der Waals surface area contributed by atoms with Crippen LogP contribution < -0.4 is 0 Å². The molecule has 0 aromatic carbocycles. The summed E-state index contributed by atoms with van der Waals surface area (Å²) in [5, 5.41) is 8.05. The van der Waals surface area contributed by atoms with Gasteiger partial charge >= 0.3 is 0 Å². The quantitative estimate of drug-likeness (QED) is 0.694. The fourth-order valence-electron chi connectivity index (χ4n) is 1.19. The largest absolute Gasteiger partial charge is 0.317 e. The first-order valence-electron chi connectivity index (χ1n) is 3.77. The van der Waals surface area contributed by atoms with E-state index in [0.29, 0.717) is 11.8 Å². The third kappa shape index (κ3) is 1.57. The molecular formula is C7H11Cl2N3. The Bertz CT molecular complexity index is 268. The Kier molecular flexibility index (Phi) is 2.96. The van der Waals surface area contributed by atoms with Gasteiger partial charge in [0.1, 0.15) is 11.6 Å². The van der Waals surface area contributed by atoms with Crippen molar-refractivity contribution in [2.75, 3.05) is 0 Å². The molecule has 3 nitrogen and oxygen atoms in total. The van der Waals surface area contributed by atoms with E-state index in [4.69, 9.17) is 11.6 Å². The number of halogens is 2. The molecule has 0 bridgehead atoms. The normalized spacial score (nSPS) is 15.8. The van der Waals surface area contributed by atoms with E-state index in [2.05, 4.69) is 10.2 Å². The molecule has 0 atom stereocenters. The number of nitrogens with zero attached hydrogens (tertiary/aromatic N) is 3. The standard InChI is InChI=1S/C7H10ClN3.ClH/c1-11-6(4-8)9-10-7(11)5-2-3-5;/h5H,2-4H2,1H3;1H. The number of aromatic nitrogens is 3. The molecule has 0 spiro atoms. The minimum absolute atomic E-state index is 0. The van der Waals surface area contributed by atoms with Crippen molar-refractivity contribution >= 4 is 24.0 Å². The second kappa shape index (κ2) is 3.62. The minimum Gasteiger partial charge on any atom is -0.317 e. The highest BCUT2D eigenvalue weighted by molar-refractivity contribution is 6.16. The average molecular weight is 208 g/mol. The van der Waals surface area contributed by atoms with E-state index in [1.807, 2.05) is 11.6 Å². The third-order valence-corrected chi connectivity index (χ3v) is 2.30. The van der Waals surface area contributed by atoms with Crippen molar-refractivity contribution < 1.29 is 0 Å². The zero-order chi connectivity index (χ0) is 7.84. The molecule has 1 heterocycles. The highest BCUT2D eigenvalue weighted by atomic mass is 35.5. The van der Waals surface area contributed by atoms with Crippen LogP contribution in [0.4, 0.5) is 0 Å². The van der Waals surface area contributed by atoms with Crippen molar-refractivity contribution in [2.45, 2.75) is 24.6 Å². The van der Waals surface area contributed by atoms with Crippen LogP contribution in [-0.2, 0) is 12.9 Å². The van der Waals surface area contributed by atoms with E-state index in [-0.39, 0.29) is 12.4 Å². The Morgan fingerprint density at radius 3 is 2.58 bits per heavy atom. The maximum atomic E-state index is 5.65. The molecule has 0 aliphatic heterocycles. The van der Waals surface area contributed by atoms with E-state index in [1.165, 1.54) is 12.8 Å². The molecule has 12 heavy (non-hydrogen) atoms.